The third kappa shape index (κ3) is 3.41. The predicted molar refractivity (Wildman–Crippen MR) is 173 cm³/mol. The third-order valence-corrected chi connectivity index (χ3v) is 9.55. The molecular formula is C37H24N2OS. The Morgan fingerprint density at radius 1 is 0.732 bits per heavy atom. The predicted octanol–water partition coefficient (Wildman–Crippen LogP) is 10.7. The Morgan fingerprint density at radius 2 is 1.41 bits per heavy atom. The van der Waals surface area contributed by atoms with E-state index < -0.39 is 0 Å². The van der Waals surface area contributed by atoms with Gasteiger partial charge in [-0.15, -0.1) is 11.3 Å². The van der Waals surface area contributed by atoms with Gasteiger partial charge in [-0.25, -0.2) is 0 Å². The summed E-state index contributed by atoms with van der Waals surface area (Å²) >= 11 is 1.83. The maximum Gasteiger partial charge on any atom is 0.307 e. The number of fused-ring (bicyclic) bond motifs is 8. The van der Waals surface area contributed by atoms with Crippen molar-refractivity contribution in [3.63, 3.8) is 0 Å². The summed E-state index contributed by atoms with van der Waals surface area (Å²) in [6.45, 7) is 0. The number of oxazole rings is 1. The molecule has 0 radical (unpaired) electrons. The van der Waals surface area contributed by atoms with Crippen LogP contribution < -0.4 is 0 Å². The van der Waals surface area contributed by atoms with Crippen LogP contribution in [-0.4, -0.2) is 9.55 Å². The SMILES string of the molecule is C1=CCCC(c2ccc(-c3cc4nc(-n5c6ccccc6c6ccccc65)oc4c4c3sc3ccccc34)cc2)=C1. The Hall–Kier alpha value is -4.93. The fourth-order valence-corrected chi connectivity index (χ4v) is 7.64. The number of aromatic nitrogens is 2. The van der Waals surface area contributed by atoms with Crippen LogP contribution in [0.5, 0.6) is 0 Å². The van der Waals surface area contributed by atoms with Crippen molar-refractivity contribution in [1.29, 1.82) is 0 Å². The molecule has 0 fully saturated rings. The normalized spacial score (nSPS) is 13.7. The molecule has 9 rings (SSSR count). The number of hydrogen-bond acceptors (Lipinski definition) is 3. The number of rotatable bonds is 3. The average Bonchev–Trinajstić information content (AvgIpc) is 3.72. The first-order valence-electron chi connectivity index (χ1n) is 14.0. The maximum atomic E-state index is 6.74. The summed E-state index contributed by atoms with van der Waals surface area (Å²) in [5.41, 5.74) is 8.98. The van der Waals surface area contributed by atoms with E-state index in [4.69, 9.17) is 9.40 Å². The molecular weight excluding hydrogens is 520 g/mol. The molecule has 0 N–H and O–H groups in total. The fraction of sp³-hybridized carbons (Fsp3) is 0.0541. The molecule has 4 heteroatoms. The Bertz CT molecular complexity index is 2310. The minimum absolute atomic E-state index is 0.596. The topological polar surface area (TPSA) is 31.0 Å². The molecule has 0 amide bonds. The smallest absolute Gasteiger partial charge is 0.307 e. The van der Waals surface area contributed by atoms with Gasteiger partial charge < -0.3 is 4.42 Å². The van der Waals surface area contributed by atoms with E-state index in [0.717, 1.165) is 40.4 Å². The van der Waals surface area contributed by atoms with E-state index in [2.05, 4.69) is 126 Å². The van der Waals surface area contributed by atoms with Gasteiger partial charge in [0.25, 0.3) is 0 Å². The lowest BCUT2D eigenvalue weighted by Gasteiger charge is -2.10. The van der Waals surface area contributed by atoms with E-state index >= 15 is 0 Å². The van der Waals surface area contributed by atoms with Gasteiger partial charge >= 0.3 is 6.01 Å². The summed E-state index contributed by atoms with van der Waals surface area (Å²) in [4.78, 5) is 5.15. The molecule has 0 saturated carbocycles. The average molecular weight is 545 g/mol. The van der Waals surface area contributed by atoms with Gasteiger partial charge in [-0.05, 0) is 53.8 Å². The lowest BCUT2D eigenvalue weighted by Crippen LogP contribution is -1.93. The standard InChI is InChI=1S/C37H24N2OS/c1-2-10-23(11-3-1)24-18-20-25(21-19-24)29-22-30-35(34-28-14-6-9-17-33(28)41-36(29)34)40-37(38-30)39-31-15-7-4-12-26(31)27-13-5-8-16-32(27)39/h1-2,4-10,12-22H,3,11H2. The first-order chi connectivity index (χ1) is 20.3. The van der Waals surface area contributed by atoms with Crippen LogP contribution in [0.3, 0.4) is 0 Å². The number of hydrogen-bond donors (Lipinski definition) is 0. The highest BCUT2D eigenvalue weighted by Gasteiger charge is 2.21. The van der Waals surface area contributed by atoms with Gasteiger partial charge in [-0.1, -0.05) is 97.1 Å². The molecule has 1 aliphatic carbocycles. The largest absolute Gasteiger partial charge is 0.422 e. The van der Waals surface area contributed by atoms with Crippen LogP contribution in [-0.2, 0) is 0 Å². The van der Waals surface area contributed by atoms with Gasteiger partial charge in [0, 0.05) is 36.5 Å². The molecule has 0 spiro atoms. The van der Waals surface area contributed by atoms with Crippen LogP contribution in [0.15, 0.2) is 126 Å². The van der Waals surface area contributed by atoms with E-state index in [1.807, 2.05) is 11.3 Å². The summed E-state index contributed by atoms with van der Waals surface area (Å²) < 4.78 is 11.4. The van der Waals surface area contributed by atoms with Gasteiger partial charge in [0.15, 0.2) is 5.58 Å². The van der Waals surface area contributed by atoms with Crippen LogP contribution in [0.1, 0.15) is 18.4 Å². The summed E-state index contributed by atoms with van der Waals surface area (Å²) in [5, 5.41) is 4.74. The monoisotopic (exact) mass is 544 g/mol. The second kappa shape index (κ2) is 8.79. The summed E-state index contributed by atoms with van der Waals surface area (Å²) in [5.74, 6) is 0. The number of nitrogens with zero attached hydrogens (tertiary/aromatic N) is 2. The van der Waals surface area contributed by atoms with Crippen molar-refractivity contribution in [2.45, 2.75) is 12.8 Å². The minimum Gasteiger partial charge on any atom is -0.422 e. The lowest BCUT2D eigenvalue weighted by atomic mass is 9.95. The van der Waals surface area contributed by atoms with E-state index in [1.54, 1.807) is 0 Å². The van der Waals surface area contributed by atoms with Crippen LogP contribution >= 0.6 is 11.3 Å². The number of benzene rings is 5. The molecule has 5 aromatic carbocycles. The lowest BCUT2D eigenvalue weighted by molar-refractivity contribution is 0.577. The quantitative estimate of drug-likeness (QED) is 0.221. The molecule has 3 heterocycles. The molecule has 1 aliphatic rings. The molecule has 0 atom stereocenters. The Balaban J connectivity index is 1.31. The summed E-state index contributed by atoms with van der Waals surface area (Å²) in [6, 6.07) is 37.4. The zero-order chi connectivity index (χ0) is 26.9. The molecule has 41 heavy (non-hydrogen) atoms. The Labute approximate surface area is 240 Å². The van der Waals surface area contributed by atoms with Crippen LogP contribution in [0.4, 0.5) is 0 Å². The van der Waals surface area contributed by atoms with E-state index in [0.29, 0.717) is 6.01 Å². The summed E-state index contributed by atoms with van der Waals surface area (Å²) in [6.07, 6.45) is 8.83. The Morgan fingerprint density at radius 3 is 2.15 bits per heavy atom. The van der Waals surface area contributed by atoms with Crippen molar-refractivity contribution >= 4 is 70.0 Å². The molecule has 8 aromatic rings. The van der Waals surface area contributed by atoms with Crippen molar-refractivity contribution < 1.29 is 4.42 Å². The van der Waals surface area contributed by atoms with Crippen molar-refractivity contribution in [2.75, 3.05) is 0 Å². The second-order valence-corrected chi connectivity index (χ2v) is 11.7. The van der Waals surface area contributed by atoms with E-state index in [-0.39, 0.29) is 0 Å². The van der Waals surface area contributed by atoms with E-state index in [1.165, 1.54) is 47.8 Å². The highest BCUT2D eigenvalue weighted by Crippen LogP contribution is 2.45. The van der Waals surface area contributed by atoms with Crippen molar-refractivity contribution in [1.82, 2.24) is 9.55 Å². The number of allylic oxidation sites excluding steroid dienone is 4. The van der Waals surface area contributed by atoms with Gasteiger partial charge in [-0.3, -0.25) is 4.57 Å². The molecule has 0 saturated heterocycles. The maximum absolute atomic E-state index is 6.74. The van der Waals surface area contributed by atoms with Crippen molar-refractivity contribution in [2.24, 2.45) is 0 Å². The van der Waals surface area contributed by atoms with Gasteiger partial charge in [0.05, 0.1) is 11.0 Å². The minimum atomic E-state index is 0.596. The Kier molecular flexibility index (Phi) is 4.89. The first-order valence-corrected chi connectivity index (χ1v) is 14.8. The van der Waals surface area contributed by atoms with Gasteiger partial charge in [0.2, 0.25) is 0 Å². The van der Waals surface area contributed by atoms with Crippen molar-refractivity contribution in [3.05, 3.63) is 127 Å². The van der Waals surface area contributed by atoms with Crippen LogP contribution in [0.2, 0.25) is 0 Å². The van der Waals surface area contributed by atoms with Crippen molar-refractivity contribution in [3.8, 4) is 17.1 Å². The molecule has 0 aliphatic heterocycles. The number of thiophene rings is 1. The second-order valence-electron chi connectivity index (χ2n) is 10.7. The highest BCUT2D eigenvalue weighted by atomic mass is 32.1. The molecule has 0 unspecified atom stereocenters. The van der Waals surface area contributed by atoms with Gasteiger partial charge in [-0.2, -0.15) is 4.98 Å². The van der Waals surface area contributed by atoms with Crippen LogP contribution in [0.25, 0.3) is 75.8 Å². The van der Waals surface area contributed by atoms with Crippen LogP contribution in [0, 0.1) is 0 Å². The number of para-hydroxylation sites is 2. The third-order valence-electron chi connectivity index (χ3n) is 8.34. The highest BCUT2D eigenvalue weighted by molar-refractivity contribution is 7.26. The zero-order valence-corrected chi connectivity index (χ0v) is 23.0. The fourth-order valence-electron chi connectivity index (χ4n) is 6.41. The van der Waals surface area contributed by atoms with E-state index in [9.17, 15) is 0 Å². The zero-order valence-electron chi connectivity index (χ0n) is 22.2. The molecule has 194 valence electrons. The molecule has 3 aromatic heterocycles. The first kappa shape index (κ1) is 22.8. The summed E-state index contributed by atoms with van der Waals surface area (Å²) in [7, 11) is 0. The van der Waals surface area contributed by atoms with Gasteiger partial charge in [0.1, 0.15) is 5.52 Å². The molecule has 3 nitrogen and oxygen atoms in total. The molecule has 0 bridgehead atoms.